The highest BCUT2D eigenvalue weighted by Gasteiger charge is 2.40. The highest BCUT2D eigenvalue weighted by atomic mass is 16.5. The zero-order chi connectivity index (χ0) is 21.7. The van der Waals surface area contributed by atoms with Crippen molar-refractivity contribution in [3.05, 3.63) is 47.8 Å². The van der Waals surface area contributed by atoms with Gasteiger partial charge in [-0.05, 0) is 32.4 Å². The highest BCUT2D eigenvalue weighted by molar-refractivity contribution is 6.16. The minimum absolute atomic E-state index is 0.283. The summed E-state index contributed by atoms with van der Waals surface area (Å²) < 4.78 is 16.4. The third-order valence-corrected chi connectivity index (χ3v) is 4.78. The van der Waals surface area contributed by atoms with Crippen molar-refractivity contribution >= 4 is 11.5 Å². The Morgan fingerprint density at radius 3 is 2.70 bits per heavy atom. The van der Waals surface area contributed by atoms with Crippen LogP contribution in [0.4, 0.5) is 0 Å². The molecule has 0 aliphatic heterocycles. The average Bonchev–Trinajstić information content (AvgIpc) is 3.50. The Morgan fingerprint density at radius 1 is 1.27 bits per heavy atom. The molecule has 2 aromatic rings. The molecule has 1 saturated carbocycles. The third-order valence-electron chi connectivity index (χ3n) is 4.78. The molecule has 160 valence electrons. The van der Waals surface area contributed by atoms with E-state index >= 15 is 0 Å². The molecule has 8 nitrogen and oxygen atoms in total. The summed E-state index contributed by atoms with van der Waals surface area (Å²) >= 11 is 0. The number of carbonyl (C=O) groups excluding carboxylic acids is 1. The van der Waals surface area contributed by atoms with E-state index < -0.39 is 5.97 Å². The summed E-state index contributed by atoms with van der Waals surface area (Å²) in [7, 11) is 5.30. The maximum atomic E-state index is 12.5. The Bertz CT molecular complexity index is 912. The molecule has 2 atom stereocenters. The lowest BCUT2D eigenvalue weighted by molar-refractivity contribution is -0.136. The maximum Gasteiger partial charge on any atom is 0.340 e. The summed E-state index contributed by atoms with van der Waals surface area (Å²) in [6.07, 6.45) is 6.03. The van der Waals surface area contributed by atoms with E-state index in [0.29, 0.717) is 41.3 Å². The monoisotopic (exact) mass is 412 g/mol. The molecule has 0 saturated heterocycles. The number of aryl methyl sites for hydroxylation is 1. The molecule has 30 heavy (non-hydrogen) atoms. The number of rotatable bonds is 9. The van der Waals surface area contributed by atoms with Gasteiger partial charge in [-0.3, -0.25) is 4.98 Å². The molecule has 0 amide bonds. The van der Waals surface area contributed by atoms with Crippen LogP contribution in [0.5, 0.6) is 11.6 Å². The highest BCUT2D eigenvalue weighted by Crippen LogP contribution is 2.47. The Morgan fingerprint density at radius 2 is 2.07 bits per heavy atom. The van der Waals surface area contributed by atoms with Gasteiger partial charge in [0.25, 0.3) is 0 Å². The SMILES string of the molecule is CCOC(=O)C(=CN(C)C)c1cnc(C)nc1OC[C@H]1C[C@@H]1c1ccc(OC)cn1. The van der Waals surface area contributed by atoms with Crippen molar-refractivity contribution in [1.82, 2.24) is 19.9 Å². The fourth-order valence-corrected chi connectivity index (χ4v) is 3.16. The van der Waals surface area contributed by atoms with Crippen LogP contribution in [-0.4, -0.2) is 60.2 Å². The van der Waals surface area contributed by atoms with Gasteiger partial charge in [0.05, 0.1) is 37.7 Å². The number of methoxy groups -OCH3 is 1. The zero-order valence-electron chi connectivity index (χ0n) is 18.1. The van der Waals surface area contributed by atoms with Gasteiger partial charge < -0.3 is 19.1 Å². The van der Waals surface area contributed by atoms with Gasteiger partial charge in [0.2, 0.25) is 5.88 Å². The smallest absolute Gasteiger partial charge is 0.340 e. The quantitative estimate of drug-likeness (QED) is 0.459. The van der Waals surface area contributed by atoms with Crippen LogP contribution in [0.25, 0.3) is 5.57 Å². The van der Waals surface area contributed by atoms with Crippen molar-refractivity contribution in [2.75, 3.05) is 34.4 Å². The van der Waals surface area contributed by atoms with Gasteiger partial charge in [-0.25, -0.2) is 9.78 Å². The molecule has 0 radical (unpaired) electrons. The van der Waals surface area contributed by atoms with Crippen LogP contribution in [0.3, 0.4) is 0 Å². The van der Waals surface area contributed by atoms with Crippen LogP contribution in [0, 0.1) is 12.8 Å². The van der Waals surface area contributed by atoms with Crippen molar-refractivity contribution in [1.29, 1.82) is 0 Å². The lowest BCUT2D eigenvalue weighted by Gasteiger charge is -2.15. The molecule has 2 heterocycles. The summed E-state index contributed by atoms with van der Waals surface area (Å²) in [5, 5.41) is 0. The van der Waals surface area contributed by atoms with E-state index in [4.69, 9.17) is 14.2 Å². The second-order valence-electron chi connectivity index (χ2n) is 7.40. The van der Waals surface area contributed by atoms with E-state index in [0.717, 1.165) is 17.9 Å². The molecule has 0 unspecified atom stereocenters. The molecule has 1 aliphatic rings. The molecule has 1 fully saturated rings. The third kappa shape index (κ3) is 5.25. The van der Waals surface area contributed by atoms with E-state index in [2.05, 4.69) is 15.0 Å². The molecule has 2 aromatic heterocycles. The predicted molar refractivity (Wildman–Crippen MR) is 112 cm³/mol. The van der Waals surface area contributed by atoms with Crippen LogP contribution in [0.2, 0.25) is 0 Å². The minimum atomic E-state index is -0.435. The first-order valence-corrected chi connectivity index (χ1v) is 9.95. The predicted octanol–water partition coefficient (Wildman–Crippen LogP) is 2.84. The maximum absolute atomic E-state index is 12.5. The Kier molecular flexibility index (Phi) is 6.87. The van der Waals surface area contributed by atoms with Crippen LogP contribution < -0.4 is 9.47 Å². The first kappa shape index (κ1) is 21.5. The van der Waals surface area contributed by atoms with Gasteiger partial charge in [-0.15, -0.1) is 0 Å². The molecular weight excluding hydrogens is 384 g/mol. The number of aromatic nitrogens is 3. The largest absolute Gasteiger partial charge is 0.495 e. The van der Waals surface area contributed by atoms with Gasteiger partial charge in [0.1, 0.15) is 11.6 Å². The lowest BCUT2D eigenvalue weighted by Crippen LogP contribution is -2.14. The van der Waals surface area contributed by atoms with Gasteiger partial charge in [0, 0.05) is 44.0 Å². The van der Waals surface area contributed by atoms with E-state index in [1.54, 1.807) is 44.5 Å². The number of carbonyl (C=O) groups is 1. The second-order valence-corrected chi connectivity index (χ2v) is 7.40. The molecular formula is C22H28N4O4. The number of esters is 1. The van der Waals surface area contributed by atoms with Crippen molar-refractivity contribution in [3.8, 4) is 11.6 Å². The Balaban J connectivity index is 1.74. The molecule has 0 spiro atoms. The fraction of sp³-hybridized carbons (Fsp3) is 0.455. The first-order chi connectivity index (χ1) is 14.4. The minimum Gasteiger partial charge on any atom is -0.495 e. The number of hydrogen-bond donors (Lipinski definition) is 0. The van der Waals surface area contributed by atoms with E-state index in [9.17, 15) is 4.79 Å². The Hall–Kier alpha value is -3.16. The number of ether oxygens (including phenoxy) is 3. The normalized spacial score (nSPS) is 18.0. The standard InChI is InChI=1S/C22H28N4O4/c1-6-29-22(27)19(12-26(3)4)18-11-23-14(2)25-21(18)30-13-15-9-17(15)20-8-7-16(28-5)10-24-20/h7-8,10-12,15,17H,6,9,13H2,1-5H3/t15-,17+/m1/s1. The van der Waals surface area contributed by atoms with Crippen LogP contribution in [0.1, 0.15) is 36.3 Å². The molecule has 0 aromatic carbocycles. The fourth-order valence-electron chi connectivity index (χ4n) is 3.16. The number of nitrogens with zero attached hydrogens (tertiary/aromatic N) is 4. The van der Waals surface area contributed by atoms with E-state index in [1.807, 2.05) is 26.2 Å². The summed E-state index contributed by atoms with van der Waals surface area (Å²) in [4.78, 5) is 27.4. The molecule has 8 heteroatoms. The van der Waals surface area contributed by atoms with Gasteiger partial charge >= 0.3 is 5.97 Å². The van der Waals surface area contributed by atoms with E-state index in [-0.39, 0.29) is 6.61 Å². The van der Waals surface area contributed by atoms with Crippen molar-refractivity contribution in [3.63, 3.8) is 0 Å². The van der Waals surface area contributed by atoms with Crippen molar-refractivity contribution < 1.29 is 19.0 Å². The van der Waals surface area contributed by atoms with Crippen LogP contribution >= 0.6 is 0 Å². The number of pyridine rings is 1. The summed E-state index contributed by atoms with van der Waals surface area (Å²) in [5.41, 5.74) is 1.91. The zero-order valence-corrected chi connectivity index (χ0v) is 18.1. The summed E-state index contributed by atoms with van der Waals surface area (Å²) in [6, 6.07) is 3.91. The van der Waals surface area contributed by atoms with Crippen LogP contribution in [0.15, 0.2) is 30.7 Å². The van der Waals surface area contributed by atoms with Gasteiger partial charge in [-0.1, -0.05) is 0 Å². The average molecular weight is 412 g/mol. The van der Waals surface area contributed by atoms with E-state index in [1.165, 1.54) is 0 Å². The van der Waals surface area contributed by atoms with Gasteiger partial charge in [-0.2, -0.15) is 4.98 Å². The molecule has 1 aliphatic carbocycles. The topological polar surface area (TPSA) is 86.7 Å². The van der Waals surface area contributed by atoms with Crippen molar-refractivity contribution in [2.24, 2.45) is 5.92 Å². The van der Waals surface area contributed by atoms with Crippen LogP contribution in [-0.2, 0) is 9.53 Å². The molecule has 0 bridgehead atoms. The molecule has 3 rings (SSSR count). The Labute approximate surface area is 176 Å². The first-order valence-electron chi connectivity index (χ1n) is 9.95. The summed E-state index contributed by atoms with van der Waals surface area (Å²) in [6.45, 7) is 4.33. The number of hydrogen-bond acceptors (Lipinski definition) is 8. The summed E-state index contributed by atoms with van der Waals surface area (Å²) in [5.74, 6) is 1.97. The van der Waals surface area contributed by atoms with Gasteiger partial charge in [0.15, 0.2) is 0 Å². The second kappa shape index (κ2) is 9.56. The molecule has 0 N–H and O–H groups in total. The van der Waals surface area contributed by atoms with Crippen molar-refractivity contribution in [2.45, 2.75) is 26.2 Å². The lowest BCUT2D eigenvalue weighted by atomic mass is 10.1.